The van der Waals surface area contributed by atoms with Crippen molar-refractivity contribution in [2.45, 2.75) is 13.3 Å². The van der Waals surface area contributed by atoms with E-state index < -0.39 is 0 Å². The molecule has 0 bridgehead atoms. The first-order valence-corrected chi connectivity index (χ1v) is 6.44. The van der Waals surface area contributed by atoms with Gasteiger partial charge in [0.15, 0.2) is 0 Å². The predicted molar refractivity (Wildman–Crippen MR) is 76.3 cm³/mol. The Bertz CT molecular complexity index is 564. The van der Waals surface area contributed by atoms with Crippen molar-refractivity contribution in [1.29, 1.82) is 0 Å². The van der Waals surface area contributed by atoms with Gasteiger partial charge in [-0.05, 0) is 48.9 Å². The van der Waals surface area contributed by atoms with Crippen LogP contribution in [0.15, 0.2) is 48.5 Å². The molecule has 0 radical (unpaired) electrons. The monoisotopic (exact) mass is 273 g/mol. The van der Waals surface area contributed by atoms with Crippen LogP contribution in [0, 0.1) is 5.82 Å². The Labute approximate surface area is 117 Å². The Morgan fingerprint density at radius 2 is 1.75 bits per heavy atom. The summed E-state index contributed by atoms with van der Waals surface area (Å²) in [7, 11) is 0. The van der Waals surface area contributed by atoms with Gasteiger partial charge in [-0.1, -0.05) is 12.1 Å². The lowest BCUT2D eigenvalue weighted by Crippen LogP contribution is -2.14. The molecule has 20 heavy (non-hydrogen) atoms. The van der Waals surface area contributed by atoms with E-state index in [2.05, 4.69) is 5.32 Å². The molecule has 0 unspecified atom stereocenters. The van der Waals surface area contributed by atoms with E-state index in [0.717, 1.165) is 11.3 Å². The third kappa shape index (κ3) is 4.09. The van der Waals surface area contributed by atoms with Gasteiger partial charge >= 0.3 is 0 Å². The Morgan fingerprint density at radius 3 is 2.35 bits per heavy atom. The molecule has 2 rings (SSSR count). The third-order valence-corrected chi connectivity index (χ3v) is 2.73. The van der Waals surface area contributed by atoms with Crippen LogP contribution in [-0.4, -0.2) is 12.5 Å². The van der Waals surface area contributed by atoms with E-state index in [1.165, 1.54) is 24.3 Å². The molecule has 2 aromatic rings. The summed E-state index contributed by atoms with van der Waals surface area (Å²) in [6.45, 7) is 2.54. The van der Waals surface area contributed by atoms with Gasteiger partial charge in [0.05, 0.1) is 13.0 Å². The van der Waals surface area contributed by atoms with E-state index in [1.54, 1.807) is 0 Å². The molecule has 0 spiro atoms. The first-order chi connectivity index (χ1) is 9.67. The zero-order chi connectivity index (χ0) is 14.4. The predicted octanol–water partition coefficient (Wildman–Crippen LogP) is 3.41. The minimum Gasteiger partial charge on any atom is -0.494 e. The zero-order valence-electron chi connectivity index (χ0n) is 11.2. The molecule has 0 aliphatic carbocycles. The molecule has 0 atom stereocenters. The van der Waals surface area contributed by atoms with Crippen LogP contribution >= 0.6 is 0 Å². The molecule has 104 valence electrons. The summed E-state index contributed by atoms with van der Waals surface area (Å²) in [5.41, 5.74) is 1.48. The standard InChI is InChI=1S/C16H16FNO2/c1-2-20-15-9-3-12(4-10-15)11-16(19)18-14-7-5-13(17)6-8-14/h3-10H,2,11H2,1H3,(H,18,19). The molecule has 0 heterocycles. The maximum Gasteiger partial charge on any atom is 0.228 e. The van der Waals surface area contributed by atoms with Crippen LogP contribution in [-0.2, 0) is 11.2 Å². The van der Waals surface area contributed by atoms with Crippen LogP contribution < -0.4 is 10.1 Å². The average Bonchev–Trinajstić information content (AvgIpc) is 2.44. The first-order valence-electron chi connectivity index (χ1n) is 6.44. The summed E-state index contributed by atoms with van der Waals surface area (Å²) in [5, 5.41) is 2.72. The van der Waals surface area contributed by atoms with E-state index in [4.69, 9.17) is 4.74 Å². The maximum absolute atomic E-state index is 12.7. The van der Waals surface area contributed by atoms with Crippen LogP contribution in [0.2, 0.25) is 0 Å². The van der Waals surface area contributed by atoms with E-state index in [0.29, 0.717) is 12.3 Å². The van der Waals surface area contributed by atoms with Gasteiger partial charge in [-0.15, -0.1) is 0 Å². The van der Waals surface area contributed by atoms with Gasteiger partial charge in [0.2, 0.25) is 5.91 Å². The third-order valence-electron chi connectivity index (χ3n) is 2.73. The molecule has 3 nitrogen and oxygen atoms in total. The highest BCUT2D eigenvalue weighted by Gasteiger charge is 2.04. The fourth-order valence-electron chi connectivity index (χ4n) is 1.79. The molecule has 1 amide bonds. The lowest BCUT2D eigenvalue weighted by molar-refractivity contribution is -0.115. The fraction of sp³-hybridized carbons (Fsp3) is 0.188. The van der Waals surface area contributed by atoms with E-state index in [9.17, 15) is 9.18 Å². The summed E-state index contributed by atoms with van der Waals surface area (Å²) < 4.78 is 18.1. The van der Waals surface area contributed by atoms with Crippen molar-refractivity contribution in [1.82, 2.24) is 0 Å². The summed E-state index contributed by atoms with van der Waals surface area (Å²) in [6, 6.07) is 13.1. The number of ether oxygens (including phenoxy) is 1. The second-order valence-electron chi connectivity index (χ2n) is 4.31. The van der Waals surface area contributed by atoms with E-state index in [-0.39, 0.29) is 18.1 Å². The molecule has 0 aliphatic rings. The number of hydrogen-bond donors (Lipinski definition) is 1. The van der Waals surface area contributed by atoms with Crippen molar-refractivity contribution in [3.05, 3.63) is 59.9 Å². The van der Waals surface area contributed by atoms with Crippen LogP contribution in [0.3, 0.4) is 0 Å². The average molecular weight is 273 g/mol. The second-order valence-corrected chi connectivity index (χ2v) is 4.31. The summed E-state index contributed by atoms with van der Waals surface area (Å²) >= 11 is 0. The highest BCUT2D eigenvalue weighted by Crippen LogP contribution is 2.13. The van der Waals surface area contributed by atoms with Gasteiger partial charge in [0.1, 0.15) is 11.6 Å². The quantitative estimate of drug-likeness (QED) is 0.906. The van der Waals surface area contributed by atoms with Gasteiger partial charge in [-0.3, -0.25) is 4.79 Å². The molecule has 2 aromatic carbocycles. The Kier molecular flexibility index (Phi) is 4.71. The van der Waals surface area contributed by atoms with Gasteiger partial charge < -0.3 is 10.1 Å². The molecule has 0 saturated heterocycles. The van der Waals surface area contributed by atoms with Crippen LogP contribution in [0.1, 0.15) is 12.5 Å². The fourth-order valence-corrected chi connectivity index (χ4v) is 1.79. The topological polar surface area (TPSA) is 38.3 Å². The Hall–Kier alpha value is -2.36. The number of anilines is 1. The van der Waals surface area contributed by atoms with Crippen molar-refractivity contribution >= 4 is 11.6 Å². The normalized spacial score (nSPS) is 10.1. The van der Waals surface area contributed by atoms with Crippen molar-refractivity contribution in [2.75, 3.05) is 11.9 Å². The van der Waals surface area contributed by atoms with Crippen molar-refractivity contribution < 1.29 is 13.9 Å². The van der Waals surface area contributed by atoms with E-state index >= 15 is 0 Å². The summed E-state index contributed by atoms with van der Waals surface area (Å²) in [4.78, 5) is 11.8. The molecule has 4 heteroatoms. The lowest BCUT2D eigenvalue weighted by atomic mass is 10.1. The van der Waals surface area contributed by atoms with Crippen LogP contribution in [0.25, 0.3) is 0 Å². The Balaban J connectivity index is 1.92. The van der Waals surface area contributed by atoms with Crippen LogP contribution in [0.4, 0.5) is 10.1 Å². The largest absolute Gasteiger partial charge is 0.494 e. The molecule has 0 aromatic heterocycles. The number of carbonyl (C=O) groups excluding carboxylic acids is 1. The minimum absolute atomic E-state index is 0.138. The molecule has 1 N–H and O–H groups in total. The highest BCUT2D eigenvalue weighted by molar-refractivity contribution is 5.92. The van der Waals surface area contributed by atoms with Crippen LogP contribution in [0.5, 0.6) is 5.75 Å². The minimum atomic E-state index is -0.325. The highest BCUT2D eigenvalue weighted by atomic mass is 19.1. The number of nitrogens with one attached hydrogen (secondary N) is 1. The Morgan fingerprint density at radius 1 is 1.10 bits per heavy atom. The molecule has 0 saturated carbocycles. The number of carbonyl (C=O) groups is 1. The van der Waals surface area contributed by atoms with Gasteiger partial charge in [-0.2, -0.15) is 0 Å². The molecule has 0 fully saturated rings. The van der Waals surface area contributed by atoms with Crippen molar-refractivity contribution in [3.63, 3.8) is 0 Å². The first kappa shape index (κ1) is 14.1. The van der Waals surface area contributed by atoms with Crippen molar-refractivity contribution in [3.8, 4) is 5.75 Å². The molecule has 0 aliphatic heterocycles. The lowest BCUT2D eigenvalue weighted by Gasteiger charge is -2.06. The number of rotatable bonds is 5. The smallest absolute Gasteiger partial charge is 0.228 e. The summed E-state index contributed by atoms with van der Waals surface area (Å²) in [5.74, 6) is 0.325. The van der Waals surface area contributed by atoms with Gasteiger partial charge in [0, 0.05) is 5.69 Å². The number of amides is 1. The van der Waals surface area contributed by atoms with Crippen molar-refractivity contribution in [2.24, 2.45) is 0 Å². The zero-order valence-corrected chi connectivity index (χ0v) is 11.2. The number of halogens is 1. The second kappa shape index (κ2) is 6.70. The SMILES string of the molecule is CCOc1ccc(CC(=O)Nc2ccc(F)cc2)cc1. The number of hydrogen-bond acceptors (Lipinski definition) is 2. The molecular weight excluding hydrogens is 257 g/mol. The van der Waals surface area contributed by atoms with Gasteiger partial charge in [0.25, 0.3) is 0 Å². The summed E-state index contributed by atoms with van der Waals surface area (Å²) in [6.07, 6.45) is 0.268. The van der Waals surface area contributed by atoms with Gasteiger partial charge in [-0.25, -0.2) is 4.39 Å². The van der Waals surface area contributed by atoms with E-state index in [1.807, 2.05) is 31.2 Å². The molecular formula is C16H16FNO2. The number of benzene rings is 2. The maximum atomic E-state index is 12.7.